The Hall–Kier alpha value is -2.02. The molecule has 0 bridgehead atoms. The van der Waals surface area contributed by atoms with Gasteiger partial charge < -0.3 is 0 Å². The first-order chi connectivity index (χ1) is 11.3. The smallest absolute Gasteiger partial charge is 0.275 e. The molecule has 0 aliphatic heterocycles. The zero-order valence-corrected chi connectivity index (χ0v) is 14.3. The normalized spacial score (nSPS) is 15.4. The molecular weight excluding hydrogens is 336 g/mol. The number of halogens is 3. The van der Waals surface area contributed by atoms with Crippen molar-refractivity contribution in [2.24, 2.45) is 14.1 Å². The summed E-state index contributed by atoms with van der Waals surface area (Å²) in [4.78, 5) is 4.58. The second kappa shape index (κ2) is 4.99. The highest BCUT2D eigenvalue weighted by Gasteiger charge is 2.37. The van der Waals surface area contributed by atoms with Gasteiger partial charge in [-0.3, -0.25) is 9.36 Å². The van der Waals surface area contributed by atoms with E-state index in [0.29, 0.717) is 28.0 Å². The molecule has 1 aliphatic rings. The maximum absolute atomic E-state index is 14.1. The summed E-state index contributed by atoms with van der Waals surface area (Å²) < 4.78 is 31.5. The zero-order chi connectivity index (χ0) is 17.2. The first kappa shape index (κ1) is 15.5. The van der Waals surface area contributed by atoms with Gasteiger partial charge in [-0.15, -0.1) is 0 Å². The first-order valence-corrected chi connectivity index (χ1v) is 8.09. The van der Waals surface area contributed by atoms with Crippen LogP contribution in [-0.2, 0) is 19.5 Å². The Balaban J connectivity index is 2.05. The molecule has 1 fully saturated rings. The third-order valence-electron chi connectivity index (χ3n) is 4.38. The average Bonchev–Trinajstić information content (AvgIpc) is 3.20. The topological polar surface area (TPSA) is 48.5 Å². The Kier molecular flexibility index (Phi) is 3.22. The summed E-state index contributed by atoms with van der Waals surface area (Å²) in [6.07, 6.45) is 3.68. The van der Waals surface area contributed by atoms with Crippen LogP contribution < -0.4 is 0 Å². The Morgan fingerprint density at radius 3 is 2.50 bits per heavy atom. The summed E-state index contributed by atoms with van der Waals surface area (Å²) in [6, 6.07) is 1.37. The van der Waals surface area contributed by atoms with E-state index in [9.17, 15) is 8.78 Å². The van der Waals surface area contributed by atoms with Gasteiger partial charge in [0.05, 0.1) is 28.0 Å². The second-order valence-electron chi connectivity index (χ2n) is 6.34. The number of hydrogen-bond donors (Lipinski definition) is 0. The molecule has 126 valence electrons. The highest BCUT2D eigenvalue weighted by molar-refractivity contribution is 6.22. The number of alkyl halides is 3. The lowest BCUT2D eigenvalue weighted by molar-refractivity contribution is 0.0968. The summed E-state index contributed by atoms with van der Waals surface area (Å²) in [7, 11) is 3.50. The molecule has 0 spiro atoms. The molecule has 8 heteroatoms. The Morgan fingerprint density at radius 1 is 1.25 bits per heavy atom. The van der Waals surface area contributed by atoms with E-state index in [1.807, 2.05) is 6.92 Å². The van der Waals surface area contributed by atoms with Crippen LogP contribution >= 0.6 is 11.6 Å². The van der Waals surface area contributed by atoms with Gasteiger partial charge in [0.2, 0.25) is 0 Å². The van der Waals surface area contributed by atoms with Crippen LogP contribution in [0.4, 0.5) is 8.78 Å². The molecule has 0 amide bonds. The van der Waals surface area contributed by atoms with Crippen molar-refractivity contribution < 1.29 is 8.78 Å². The molecule has 0 saturated heterocycles. The molecule has 0 atom stereocenters. The second-order valence-corrected chi connectivity index (χ2v) is 6.81. The number of aromatic nitrogens is 5. The van der Waals surface area contributed by atoms with E-state index in [2.05, 4.69) is 15.2 Å². The van der Waals surface area contributed by atoms with Gasteiger partial charge in [0.15, 0.2) is 5.65 Å². The van der Waals surface area contributed by atoms with Crippen molar-refractivity contribution in [3.63, 3.8) is 0 Å². The lowest BCUT2D eigenvalue weighted by Crippen LogP contribution is -2.07. The summed E-state index contributed by atoms with van der Waals surface area (Å²) in [5.41, 5.74) is 2.71. The monoisotopic (exact) mass is 351 g/mol. The van der Waals surface area contributed by atoms with Gasteiger partial charge in [-0.2, -0.15) is 19.0 Å². The Bertz CT molecular complexity index is 950. The minimum absolute atomic E-state index is 0.222. The van der Waals surface area contributed by atoms with Crippen LogP contribution in [0.1, 0.15) is 35.7 Å². The quantitative estimate of drug-likeness (QED) is 0.673. The van der Waals surface area contributed by atoms with Crippen LogP contribution in [0.3, 0.4) is 0 Å². The largest absolute Gasteiger partial charge is 0.349 e. The van der Waals surface area contributed by atoms with Crippen LogP contribution in [-0.4, -0.2) is 24.5 Å². The molecule has 24 heavy (non-hydrogen) atoms. The van der Waals surface area contributed by atoms with Gasteiger partial charge in [0.25, 0.3) is 0 Å². The van der Waals surface area contributed by atoms with Crippen molar-refractivity contribution in [1.29, 1.82) is 0 Å². The summed E-state index contributed by atoms with van der Waals surface area (Å²) >= 11 is 5.43. The van der Waals surface area contributed by atoms with Crippen LogP contribution in [0.25, 0.3) is 22.3 Å². The molecule has 5 nitrogen and oxygen atoms in total. The van der Waals surface area contributed by atoms with Gasteiger partial charge in [0.1, 0.15) is 0 Å². The molecule has 0 N–H and O–H groups in total. The maximum atomic E-state index is 14.1. The van der Waals surface area contributed by atoms with E-state index in [0.717, 1.165) is 18.5 Å². The van der Waals surface area contributed by atoms with Gasteiger partial charge in [-0.05, 0) is 37.4 Å². The lowest BCUT2D eigenvalue weighted by Gasteiger charge is -2.12. The highest BCUT2D eigenvalue weighted by atomic mass is 35.5. The molecule has 1 saturated carbocycles. The van der Waals surface area contributed by atoms with Gasteiger partial charge in [-0.1, -0.05) is 0 Å². The van der Waals surface area contributed by atoms with Gasteiger partial charge in [-0.25, -0.2) is 4.98 Å². The molecule has 4 rings (SSSR count). The predicted molar refractivity (Wildman–Crippen MR) is 87.2 cm³/mol. The maximum Gasteiger partial charge on any atom is 0.349 e. The molecule has 0 unspecified atom stereocenters. The average molecular weight is 352 g/mol. The number of fused-ring (bicyclic) bond motifs is 1. The molecule has 3 aromatic heterocycles. The fourth-order valence-electron chi connectivity index (χ4n) is 3.13. The number of nitrogens with zero attached hydrogens (tertiary/aromatic N) is 5. The number of aryl methyl sites for hydroxylation is 3. The van der Waals surface area contributed by atoms with Crippen molar-refractivity contribution in [3.8, 4) is 11.3 Å². The SMILES string of the molecule is Cc1nn(C)cc1-c1cc(C(F)(F)Cl)c2c(C3CC3)nn(C)c2n1. The summed E-state index contributed by atoms with van der Waals surface area (Å²) in [5.74, 6) is 0.222. The minimum Gasteiger partial charge on any atom is -0.275 e. The Morgan fingerprint density at radius 2 is 1.96 bits per heavy atom. The van der Waals surface area contributed by atoms with E-state index in [1.54, 1.807) is 29.7 Å². The summed E-state index contributed by atoms with van der Waals surface area (Å²) in [6.45, 7) is 1.82. The first-order valence-electron chi connectivity index (χ1n) is 7.71. The summed E-state index contributed by atoms with van der Waals surface area (Å²) in [5, 5.41) is 5.58. The molecular formula is C16H16ClF2N5. The van der Waals surface area contributed by atoms with E-state index in [-0.39, 0.29) is 11.5 Å². The van der Waals surface area contributed by atoms with Crippen molar-refractivity contribution >= 4 is 22.6 Å². The molecule has 3 aromatic rings. The van der Waals surface area contributed by atoms with Crippen molar-refractivity contribution in [2.75, 3.05) is 0 Å². The zero-order valence-electron chi connectivity index (χ0n) is 13.5. The van der Waals surface area contributed by atoms with E-state index in [1.165, 1.54) is 6.07 Å². The van der Waals surface area contributed by atoms with Crippen LogP contribution in [0.2, 0.25) is 0 Å². The number of pyridine rings is 1. The number of hydrogen-bond acceptors (Lipinski definition) is 3. The molecule has 3 heterocycles. The molecule has 0 radical (unpaired) electrons. The molecule has 0 aromatic carbocycles. The standard InChI is InChI=1S/C16H16ClF2N5/c1-8-10(7-23(2)21-8)12-6-11(16(17,18)19)13-14(9-4-5-9)22-24(3)15(13)20-12/h6-7,9H,4-5H2,1-3H3. The van der Waals surface area contributed by atoms with E-state index >= 15 is 0 Å². The fraction of sp³-hybridized carbons (Fsp3) is 0.438. The van der Waals surface area contributed by atoms with Crippen molar-refractivity contribution in [3.05, 3.63) is 29.2 Å². The third kappa shape index (κ3) is 2.38. The van der Waals surface area contributed by atoms with Crippen LogP contribution in [0, 0.1) is 6.92 Å². The van der Waals surface area contributed by atoms with E-state index in [4.69, 9.17) is 11.6 Å². The van der Waals surface area contributed by atoms with Crippen LogP contribution in [0.5, 0.6) is 0 Å². The van der Waals surface area contributed by atoms with Crippen LogP contribution in [0.15, 0.2) is 12.3 Å². The molecule has 1 aliphatic carbocycles. The third-order valence-corrected chi connectivity index (χ3v) is 4.58. The fourth-order valence-corrected chi connectivity index (χ4v) is 3.28. The lowest BCUT2D eigenvalue weighted by atomic mass is 10.0. The van der Waals surface area contributed by atoms with Crippen molar-refractivity contribution in [2.45, 2.75) is 31.1 Å². The minimum atomic E-state index is -3.49. The number of rotatable bonds is 3. The van der Waals surface area contributed by atoms with Crippen molar-refractivity contribution in [1.82, 2.24) is 24.5 Å². The highest BCUT2D eigenvalue weighted by Crippen LogP contribution is 2.47. The Labute approximate surface area is 142 Å². The van der Waals surface area contributed by atoms with Gasteiger partial charge in [0, 0.05) is 31.8 Å². The predicted octanol–water partition coefficient (Wildman–Crippen LogP) is 3.84. The van der Waals surface area contributed by atoms with E-state index < -0.39 is 5.38 Å². The van der Waals surface area contributed by atoms with Gasteiger partial charge >= 0.3 is 5.38 Å².